The zero-order chi connectivity index (χ0) is 14.7. The smallest absolute Gasteiger partial charge is 0.184 e. The minimum Gasteiger partial charge on any atom is -0.391 e. The van der Waals surface area contributed by atoms with E-state index in [0.29, 0.717) is 13.2 Å². The normalized spacial score (nSPS) is 34.1. The average molecular weight is 276 g/mol. The Kier molecular flexibility index (Phi) is 3.02. The van der Waals surface area contributed by atoms with E-state index >= 15 is 0 Å². The molecule has 1 aliphatic carbocycles. The van der Waals surface area contributed by atoms with Gasteiger partial charge in [-0.1, -0.05) is 32.9 Å². The molecular weight excluding hydrogens is 252 g/mol. The van der Waals surface area contributed by atoms with Gasteiger partial charge in [0.05, 0.1) is 12.7 Å². The molecule has 0 radical (unpaired) electrons. The maximum Gasteiger partial charge on any atom is 0.184 e. The van der Waals surface area contributed by atoms with E-state index in [1.807, 2.05) is 6.92 Å². The highest BCUT2D eigenvalue weighted by molar-refractivity contribution is 5.56. The monoisotopic (exact) mass is 276 g/mol. The van der Waals surface area contributed by atoms with Crippen LogP contribution in [0, 0.1) is 6.92 Å². The maximum absolute atomic E-state index is 10.8. The Morgan fingerprint density at radius 2 is 2.05 bits per heavy atom. The summed E-state index contributed by atoms with van der Waals surface area (Å²) in [6.45, 7) is 11.5. The van der Waals surface area contributed by atoms with Gasteiger partial charge in [0.2, 0.25) is 0 Å². The van der Waals surface area contributed by atoms with Crippen LogP contribution in [0.1, 0.15) is 56.2 Å². The lowest BCUT2D eigenvalue weighted by molar-refractivity contribution is -0.174. The third-order valence-corrected chi connectivity index (χ3v) is 5.10. The fourth-order valence-electron chi connectivity index (χ4n) is 4.03. The highest BCUT2D eigenvalue weighted by atomic mass is 16.7. The lowest BCUT2D eigenvalue weighted by Gasteiger charge is -2.40. The van der Waals surface area contributed by atoms with Crippen molar-refractivity contribution in [1.82, 2.24) is 0 Å². The standard InChI is InChI=1S/C17H24O3/c1-6-19-14-12-10(2)7-8-11-13(12)17(5,9-20-14)15(18)16(11,3)4/h7-8,14-15,18H,6,9H2,1-5H3/t14-,15+,17+/m0/s1. The molecule has 0 saturated heterocycles. The molecule has 3 rings (SSSR count). The molecule has 0 saturated carbocycles. The van der Waals surface area contributed by atoms with Crippen LogP contribution in [0.2, 0.25) is 0 Å². The third kappa shape index (κ3) is 1.57. The Labute approximate surface area is 120 Å². The Morgan fingerprint density at radius 1 is 1.35 bits per heavy atom. The van der Waals surface area contributed by atoms with Crippen LogP contribution < -0.4 is 0 Å². The number of hydrogen-bond donors (Lipinski definition) is 1. The minimum absolute atomic E-state index is 0.253. The van der Waals surface area contributed by atoms with Crippen LogP contribution in [0.5, 0.6) is 0 Å². The first-order valence-corrected chi connectivity index (χ1v) is 7.39. The number of ether oxygens (including phenoxy) is 2. The van der Waals surface area contributed by atoms with Crippen LogP contribution in [-0.4, -0.2) is 24.4 Å². The molecule has 1 N–H and O–H groups in total. The number of aryl methyl sites for hydroxylation is 1. The minimum atomic E-state index is -0.437. The lowest BCUT2D eigenvalue weighted by Crippen LogP contribution is -2.46. The van der Waals surface area contributed by atoms with Crippen molar-refractivity contribution in [3.63, 3.8) is 0 Å². The van der Waals surface area contributed by atoms with E-state index in [1.165, 1.54) is 16.7 Å². The number of rotatable bonds is 2. The van der Waals surface area contributed by atoms with Gasteiger partial charge >= 0.3 is 0 Å². The van der Waals surface area contributed by atoms with E-state index in [9.17, 15) is 5.11 Å². The van der Waals surface area contributed by atoms with Crippen molar-refractivity contribution in [3.8, 4) is 0 Å². The molecule has 0 bridgehead atoms. The van der Waals surface area contributed by atoms with Gasteiger partial charge in [-0.2, -0.15) is 0 Å². The summed E-state index contributed by atoms with van der Waals surface area (Å²) in [4.78, 5) is 0. The molecule has 20 heavy (non-hydrogen) atoms. The first-order valence-electron chi connectivity index (χ1n) is 7.39. The average Bonchev–Trinajstić information content (AvgIpc) is 2.55. The lowest BCUT2D eigenvalue weighted by atomic mass is 9.75. The topological polar surface area (TPSA) is 38.7 Å². The summed E-state index contributed by atoms with van der Waals surface area (Å²) in [5.41, 5.74) is 4.20. The van der Waals surface area contributed by atoms with Gasteiger partial charge < -0.3 is 14.6 Å². The molecular formula is C17H24O3. The van der Waals surface area contributed by atoms with Crippen molar-refractivity contribution < 1.29 is 14.6 Å². The number of aliphatic hydroxyl groups excluding tert-OH is 1. The quantitative estimate of drug-likeness (QED) is 0.902. The molecule has 2 aliphatic rings. The molecule has 0 unspecified atom stereocenters. The van der Waals surface area contributed by atoms with Crippen molar-refractivity contribution >= 4 is 0 Å². The predicted molar refractivity (Wildman–Crippen MR) is 77.9 cm³/mol. The summed E-state index contributed by atoms with van der Waals surface area (Å²) in [5.74, 6) is 0. The van der Waals surface area contributed by atoms with Crippen molar-refractivity contribution in [3.05, 3.63) is 34.4 Å². The van der Waals surface area contributed by atoms with Crippen LogP contribution >= 0.6 is 0 Å². The Hall–Kier alpha value is -0.900. The fraction of sp³-hybridized carbons (Fsp3) is 0.647. The van der Waals surface area contributed by atoms with Gasteiger partial charge in [-0.25, -0.2) is 0 Å². The Morgan fingerprint density at radius 3 is 2.70 bits per heavy atom. The summed E-state index contributed by atoms with van der Waals surface area (Å²) in [5, 5.41) is 10.8. The van der Waals surface area contributed by atoms with Gasteiger partial charge in [-0.3, -0.25) is 0 Å². The van der Waals surface area contributed by atoms with Crippen LogP contribution in [0.25, 0.3) is 0 Å². The van der Waals surface area contributed by atoms with E-state index in [4.69, 9.17) is 9.47 Å². The third-order valence-electron chi connectivity index (χ3n) is 5.10. The highest BCUT2D eigenvalue weighted by Gasteiger charge is 2.57. The number of aliphatic hydroxyl groups is 1. The molecule has 1 aromatic rings. The summed E-state index contributed by atoms with van der Waals surface area (Å²) in [7, 11) is 0. The zero-order valence-electron chi connectivity index (χ0n) is 13.0. The summed E-state index contributed by atoms with van der Waals surface area (Å²) in [6, 6.07) is 4.28. The van der Waals surface area contributed by atoms with E-state index in [0.717, 1.165) is 5.56 Å². The van der Waals surface area contributed by atoms with Crippen molar-refractivity contribution in [1.29, 1.82) is 0 Å². The summed E-state index contributed by atoms with van der Waals surface area (Å²) in [6.07, 6.45) is -0.739. The van der Waals surface area contributed by atoms with Crippen LogP contribution in [-0.2, 0) is 20.3 Å². The van der Waals surface area contributed by atoms with Crippen molar-refractivity contribution in [2.45, 2.75) is 57.8 Å². The predicted octanol–water partition coefficient (Wildman–Crippen LogP) is 2.97. The molecule has 1 aromatic carbocycles. The molecule has 0 amide bonds. The largest absolute Gasteiger partial charge is 0.391 e. The maximum atomic E-state index is 10.8. The molecule has 3 heteroatoms. The molecule has 3 atom stereocenters. The van der Waals surface area contributed by atoms with Gasteiger partial charge in [0.15, 0.2) is 6.29 Å². The second-order valence-electron chi connectivity index (χ2n) is 6.86. The second-order valence-corrected chi connectivity index (χ2v) is 6.86. The van der Waals surface area contributed by atoms with E-state index in [2.05, 4.69) is 39.8 Å². The highest BCUT2D eigenvalue weighted by Crippen LogP contribution is 2.55. The van der Waals surface area contributed by atoms with Crippen LogP contribution in [0.15, 0.2) is 12.1 Å². The first kappa shape index (κ1) is 14.1. The van der Waals surface area contributed by atoms with Gasteiger partial charge in [0.25, 0.3) is 0 Å². The van der Waals surface area contributed by atoms with Gasteiger partial charge in [0.1, 0.15) is 0 Å². The second kappa shape index (κ2) is 4.30. The Bertz CT molecular complexity index is 549. The van der Waals surface area contributed by atoms with Crippen LogP contribution in [0.3, 0.4) is 0 Å². The summed E-state index contributed by atoms with van der Waals surface area (Å²) < 4.78 is 11.7. The molecule has 3 nitrogen and oxygen atoms in total. The van der Waals surface area contributed by atoms with Crippen molar-refractivity contribution in [2.75, 3.05) is 13.2 Å². The number of hydrogen-bond acceptors (Lipinski definition) is 3. The molecule has 0 spiro atoms. The molecule has 110 valence electrons. The SMILES string of the molecule is CCO[C@H]1OC[C@]2(C)c3c(ccc(C)c31)C(C)(C)[C@H]2O. The molecule has 1 aliphatic heterocycles. The zero-order valence-corrected chi connectivity index (χ0v) is 13.0. The Balaban J connectivity index is 2.28. The summed E-state index contributed by atoms with van der Waals surface area (Å²) >= 11 is 0. The van der Waals surface area contributed by atoms with Gasteiger partial charge in [-0.15, -0.1) is 0 Å². The molecule has 0 aromatic heterocycles. The van der Waals surface area contributed by atoms with Crippen molar-refractivity contribution in [2.24, 2.45) is 0 Å². The molecule has 0 fully saturated rings. The first-order chi connectivity index (χ1) is 9.34. The van der Waals surface area contributed by atoms with Crippen LogP contribution in [0.4, 0.5) is 0 Å². The fourth-order valence-corrected chi connectivity index (χ4v) is 4.03. The van der Waals surface area contributed by atoms with E-state index in [-0.39, 0.29) is 17.1 Å². The number of benzene rings is 1. The molecule has 1 heterocycles. The van der Waals surface area contributed by atoms with Gasteiger partial charge in [-0.05, 0) is 30.5 Å². The van der Waals surface area contributed by atoms with E-state index in [1.54, 1.807) is 0 Å². The van der Waals surface area contributed by atoms with E-state index < -0.39 is 6.10 Å². The van der Waals surface area contributed by atoms with Gasteiger partial charge in [0, 0.05) is 23.0 Å².